The zero-order valence-corrected chi connectivity index (χ0v) is 16.6. The first-order chi connectivity index (χ1) is 14.2. The van der Waals surface area contributed by atoms with Crippen LogP contribution in [0.25, 0.3) is 0 Å². The van der Waals surface area contributed by atoms with E-state index in [-0.39, 0.29) is 11.8 Å². The van der Waals surface area contributed by atoms with Crippen LogP contribution in [0.4, 0.5) is 11.4 Å². The summed E-state index contributed by atoms with van der Waals surface area (Å²) in [5, 5.41) is 2.93. The number of carbonyl (C=O) groups excluding carboxylic acids is 2. The Labute approximate surface area is 171 Å². The molecule has 2 aliphatic heterocycles. The molecule has 2 saturated heterocycles. The summed E-state index contributed by atoms with van der Waals surface area (Å²) in [5.74, 6) is -0.222. The maximum absolute atomic E-state index is 12.9. The Bertz CT molecular complexity index is 854. The van der Waals surface area contributed by atoms with Gasteiger partial charge < -0.3 is 19.9 Å². The fourth-order valence-corrected chi connectivity index (χ4v) is 3.89. The van der Waals surface area contributed by atoms with Crippen LogP contribution < -0.4 is 10.2 Å². The first-order valence-electron chi connectivity index (χ1n) is 10.3. The van der Waals surface area contributed by atoms with E-state index in [1.54, 1.807) is 12.1 Å². The Morgan fingerprint density at radius 3 is 2.24 bits per heavy atom. The van der Waals surface area contributed by atoms with Crippen LogP contribution >= 0.6 is 0 Å². The van der Waals surface area contributed by atoms with E-state index < -0.39 is 0 Å². The average molecular weight is 393 g/mol. The second-order valence-electron chi connectivity index (χ2n) is 7.50. The van der Waals surface area contributed by atoms with Gasteiger partial charge in [0.2, 0.25) is 0 Å². The molecule has 0 radical (unpaired) electrons. The standard InChI is InChI=1S/C23H27N3O3/c27-22(18-8-10-19(11-9-18)25-14-16-29-17-15-25)24-21-7-3-2-6-20(21)23(28)26-12-4-1-5-13-26/h2-3,6-11H,1,4-5,12-17H2,(H,24,27). The zero-order valence-electron chi connectivity index (χ0n) is 16.6. The molecule has 0 spiro atoms. The number of anilines is 2. The number of para-hydroxylation sites is 1. The molecular formula is C23H27N3O3. The van der Waals surface area contributed by atoms with Gasteiger partial charge in [0.1, 0.15) is 0 Å². The number of benzene rings is 2. The second-order valence-corrected chi connectivity index (χ2v) is 7.50. The van der Waals surface area contributed by atoms with Crippen LogP contribution in [0, 0.1) is 0 Å². The van der Waals surface area contributed by atoms with Gasteiger partial charge in [-0.2, -0.15) is 0 Å². The average Bonchev–Trinajstić information content (AvgIpc) is 2.80. The van der Waals surface area contributed by atoms with Gasteiger partial charge in [-0.15, -0.1) is 0 Å². The molecule has 6 heteroatoms. The second kappa shape index (κ2) is 9.09. The topological polar surface area (TPSA) is 61.9 Å². The number of morpholine rings is 1. The molecular weight excluding hydrogens is 366 g/mol. The van der Waals surface area contributed by atoms with Crippen LogP contribution in [-0.2, 0) is 4.74 Å². The quantitative estimate of drug-likeness (QED) is 0.865. The lowest BCUT2D eigenvalue weighted by Gasteiger charge is -2.29. The molecule has 0 aromatic heterocycles. The van der Waals surface area contributed by atoms with Gasteiger partial charge in [-0.05, 0) is 55.7 Å². The van der Waals surface area contributed by atoms with Gasteiger partial charge in [-0.1, -0.05) is 12.1 Å². The van der Waals surface area contributed by atoms with Crippen molar-refractivity contribution < 1.29 is 14.3 Å². The maximum Gasteiger partial charge on any atom is 0.255 e. The predicted octanol–water partition coefficient (Wildman–Crippen LogP) is 3.40. The minimum atomic E-state index is -0.211. The van der Waals surface area contributed by atoms with Crippen molar-refractivity contribution >= 4 is 23.2 Å². The van der Waals surface area contributed by atoms with Crippen molar-refractivity contribution in [1.82, 2.24) is 4.90 Å². The summed E-state index contributed by atoms with van der Waals surface area (Å²) in [6, 6.07) is 14.8. The highest BCUT2D eigenvalue weighted by Crippen LogP contribution is 2.22. The predicted molar refractivity (Wildman–Crippen MR) is 114 cm³/mol. The molecule has 2 amide bonds. The third-order valence-corrected chi connectivity index (χ3v) is 5.55. The van der Waals surface area contributed by atoms with Crippen molar-refractivity contribution in [2.45, 2.75) is 19.3 Å². The largest absolute Gasteiger partial charge is 0.378 e. The summed E-state index contributed by atoms with van der Waals surface area (Å²) in [6.45, 7) is 4.73. The third kappa shape index (κ3) is 4.59. The number of rotatable bonds is 4. The lowest BCUT2D eigenvalue weighted by atomic mass is 10.1. The van der Waals surface area contributed by atoms with Crippen molar-refractivity contribution in [2.24, 2.45) is 0 Å². The molecule has 2 fully saturated rings. The number of hydrogen-bond donors (Lipinski definition) is 1. The third-order valence-electron chi connectivity index (χ3n) is 5.55. The van der Waals surface area contributed by atoms with E-state index in [4.69, 9.17) is 4.74 Å². The van der Waals surface area contributed by atoms with Crippen molar-refractivity contribution in [3.8, 4) is 0 Å². The van der Waals surface area contributed by atoms with Gasteiger partial charge in [0.15, 0.2) is 0 Å². The number of amides is 2. The number of hydrogen-bond acceptors (Lipinski definition) is 4. The number of nitrogens with one attached hydrogen (secondary N) is 1. The maximum atomic E-state index is 12.9. The molecule has 0 aliphatic carbocycles. The first-order valence-corrected chi connectivity index (χ1v) is 10.3. The van der Waals surface area contributed by atoms with E-state index in [9.17, 15) is 9.59 Å². The van der Waals surface area contributed by atoms with Crippen LogP contribution in [-0.4, -0.2) is 56.1 Å². The fraction of sp³-hybridized carbons (Fsp3) is 0.391. The Kier molecular flexibility index (Phi) is 6.10. The van der Waals surface area contributed by atoms with E-state index in [0.29, 0.717) is 16.8 Å². The summed E-state index contributed by atoms with van der Waals surface area (Å²) < 4.78 is 5.39. The fourth-order valence-electron chi connectivity index (χ4n) is 3.89. The van der Waals surface area contributed by atoms with Gasteiger partial charge in [-0.25, -0.2) is 0 Å². The number of nitrogens with zero attached hydrogens (tertiary/aromatic N) is 2. The van der Waals surface area contributed by atoms with Gasteiger partial charge in [0.05, 0.1) is 24.5 Å². The smallest absolute Gasteiger partial charge is 0.255 e. The number of piperidine rings is 1. The summed E-state index contributed by atoms with van der Waals surface area (Å²) in [4.78, 5) is 29.8. The molecule has 4 rings (SSSR count). The SMILES string of the molecule is O=C(Nc1ccccc1C(=O)N1CCCCC1)c1ccc(N2CCOCC2)cc1. The molecule has 0 saturated carbocycles. The number of carbonyl (C=O) groups is 2. The van der Waals surface area contributed by atoms with Gasteiger partial charge >= 0.3 is 0 Å². The zero-order chi connectivity index (χ0) is 20.1. The molecule has 1 N–H and O–H groups in total. The van der Waals surface area contributed by atoms with E-state index in [2.05, 4.69) is 10.2 Å². The Morgan fingerprint density at radius 1 is 0.828 bits per heavy atom. The minimum absolute atomic E-state index is 0.0109. The summed E-state index contributed by atoms with van der Waals surface area (Å²) in [6.07, 6.45) is 3.24. The van der Waals surface area contributed by atoms with Crippen LogP contribution in [0.3, 0.4) is 0 Å². The van der Waals surface area contributed by atoms with E-state index in [1.165, 1.54) is 6.42 Å². The molecule has 29 heavy (non-hydrogen) atoms. The lowest BCUT2D eigenvalue weighted by molar-refractivity contribution is 0.0725. The van der Waals surface area contributed by atoms with Gasteiger partial charge in [0, 0.05) is 37.4 Å². The monoisotopic (exact) mass is 393 g/mol. The van der Waals surface area contributed by atoms with Crippen molar-refractivity contribution in [2.75, 3.05) is 49.6 Å². The normalized spacial score (nSPS) is 17.1. The molecule has 2 aromatic rings. The molecule has 152 valence electrons. The molecule has 2 aromatic carbocycles. The first kappa shape index (κ1) is 19.5. The highest BCUT2D eigenvalue weighted by Gasteiger charge is 2.21. The van der Waals surface area contributed by atoms with Crippen LogP contribution in [0.2, 0.25) is 0 Å². The van der Waals surface area contributed by atoms with Crippen LogP contribution in [0.5, 0.6) is 0 Å². The lowest BCUT2D eigenvalue weighted by Crippen LogP contribution is -2.36. The summed E-state index contributed by atoms with van der Waals surface area (Å²) in [7, 11) is 0. The molecule has 2 heterocycles. The number of ether oxygens (including phenoxy) is 1. The van der Waals surface area contributed by atoms with Gasteiger partial charge in [-0.3, -0.25) is 9.59 Å². The molecule has 0 unspecified atom stereocenters. The molecule has 2 aliphatic rings. The van der Waals surface area contributed by atoms with Crippen molar-refractivity contribution in [3.63, 3.8) is 0 Å². The van der Waals surface area contributed by atoms with E-state index in [0.717, 1.165) is 57.9 Å². The molecule has 0 bridgehead atoms. The Morgan fingerprint density at radius 2 is 1.52 bits per heavy atom. The van der Waals surface area contributed by atoms with Crippen LogP contribution in [0.1, 0.15) is 40.0 Å². The molecule has 6 nitrogen and oxygen atoms in total. The van der Waals surface area contributed by atoms with E-state index in [1.807, 2.05) is 41.3 Å². The minimum Gasteiger partial charge on any atom is -0.378 e. The summed E-state index contributed by atoms with van der Waals surface area (Å²) in [5.41, 5.74) is 2.77. The van der Waals surface area contributed by atoms with Crippen molar-refractivity contribution in [1.29, 1.82) is 0 Å². The van der Waals surface area contributed by atoms with Crippen LogP contribution in [0.15, 0.2) is 48.5 Å². The van der Waals surface area contributed by atoms with Gasteiger partial charge in [0.25, 0.3) is 11.8 Å². The van der Waals surface area contributed by atoms with Crippen molar-refractivity contribution in [3.05, 3.63) is 59.7 Å². The Hall–Kier alpha value is -2.86. The summed E-state index contributed by atoms with van der Waals surface area (Å²) >= 11 is 0. The molecule has 0 atom stereocenters. The number of likely N-dealkylation sites (tertiary alicyclic amines) is 1. The highest BCUT2D eigenvalue weighted by molar-refractivity contribution is 6.09. The van der Waals surface area contributed by atoms with E-state index >= 15 is 0 Å². The Balaban J connectivity index is 1.46. The highest BCUT2D eigenvalue weighted by atomic mass is 16.5.